The van der Waals surface area contributed by atoms with Crippen molar-refractivity contribution in [2.45, 2.75) is 44.7 Å². The van der Waals surface area contributed by atoms with Crippen molar-refractivity contribution in [3.63, 3.8) is 0 Å². The fourth-order valence-corrected chi connectivity index (χ4v) is 4.29. The van der Waals surface area contributed by atoms with Gasteiger partial charge in [0.1, 0.15) is 5.75 Å². The average Bonchev–Trinajstić information content (AvgIpc) is 3.49. The normalized spacial score (nSPS) is 14.2. The summed E-state index contributed by atoms with van der Waals surface area (Å²) in [6, 6.07) is 9.88. The number of rotatable bonds is 5. The van der Waals surface area contributed by atoms with E-state index in [1.165, 1.54) is 22.9 Å². The van der Waals surface area contributed by atoms with Gasteiger partial charge in [-0.3, -0.25) is 4.79 Å². The summed E-state index contributed by atoms with van der Waals surface area (Å²) in [5, 5.41) is 20.3. The molecule has 3 aromatic rings. The zero-order valence-corrected chi connectivity index (χ0v) is 19.0. The summed E-state index contributed by atoms with van der Waals surface area (Å²) in [4.78, 5) is 25.0. The van der Waals surface area contributed by atoms with Gasteiger partial charge in [-0.25, -0.2) is 4.79 Å². The number of nitrogens with one attached hydrogen (secondary N) is 2. The van der Waals surface area contributed by atoms with E-state index in [-0.39, 0.29) is 28.9 Å². The average molecular weight is 486 g/mol. The molecule has 0 saturated heterocycles. The van der Waals surface area contributed by atoms with Crippen molar-refractivity contribution in [3.05, 3.63) is 65.4 Å². The molecule has 1 fully saturated rings. The van der Waals surface area contributed by atoms with Crippen molar-refractivity contribution in [1.82, 2.24) is 15.1 Å². The van der Waals surface area contributed by atoms with Crippen LogP contribution in [0.5, 0.6) is 5.75 Å². The Kier molecular flexibility index (Phi) is 6.81. The van der Waals surface area contributed by atoms with Crippen LogP contribution in [0, 0.1) is 0 Å². The van der Waals surface area contributed by atoms with Crippen LogP contribution in [0.3, 0.4) is 0 Å². The van der Waals surface area contributed by atoms with Gasteiger partial charge in [-0.2, -0.15) is 23.0 Å². The first kappa shape index (κ1) is 24.3. The first-order chi connectivity index (χ1) is 16.7. The summed E-state index contributed by atoms with van der Waals surface area (Å²) in [6.07, 6.45) is -0.503. The van der Waals surface area contributed by atoms with Gasteiger partial charge in [-0.05, 0) is 56.2 Å². The maximum Gasteiger partial charge on any atom is 0.416 e. The van der Waals surface area contributed by atoms with E-state index in [1.54, 1.807) is 12.1 Å². The van der Waals surface area contributed by atoms with Crippen LogP contribution in [-0.2, 0) is 6.18 Å². The van der Waals surface area contributed by atoms with Crippen molar-refractivity contribution in [3.8, 4) is 17.0 Å². The lowest BCUT2D eigenvalue weighted by Crippen LogP contribution is -2.30. The van der Waals surface area contributed by atoms with Crippen LogP contribution < -0.4 is 10.6 Å². The summed E-state index contributed by atoms with van der Waals surface area (Å²) in [6.45, 7) is 2.26. The van der Waals surface area contributed by atoms with Gasteiger partial charge in [0, 0.05) is 35.3 Å². The highest BCUT2D eigenvalue weighted by Crippen LogP contribution is 2.38. The van der Waals surface area contributed by atoms with Gasteiger partial charge in [0.2, 0.25) is 0 Å². The standard InChI is InChI=1S/C25H25F3N4O3/c1-2-29-24(35)32-21(15-6-3-4-7-15)14-20(31-32)19-11-10-18(13-22(19)33)30-23(34)16-8-5-9-17(12-16)25(26,27)28/h5,8-15,33H,2-4,6-7H2,1H3,(H,29,35)(H,30,34). The molecule has 3 N–H and O–H groups in total. The quantitative estimate of drug-likeness (QED) is 0.427. The predicted molar refractivity (Wildman–Crippen MR) is 124 cm³/mol. The number of carbonyl (C=O) groups is 2. The lowest BCUT2D eigenvalue weighted by molar-refractivity contribution is -0.137. The Morgan fingerprint density at radius 3 is 2.51 bits per heavy atom. The molecule has 4 rings (SSSR count). The number of benzene rings is 2. The van der Waals surface area contributed by atoms with Gasteiger partial charge in [-0.15, -0.1) is 0 Å². The Morgan fingerprint density at radius 2 is 1.86 bits per heavy atom. The molecular formula is C25H25F3N4O3. The molecule has 0 bridgehead atoms. The first-order valence-electron chi connectivity index (χ1n) is 11.4. The van der Waals surface area contributed by atoms with E-state index >= 15 is 0 Å². The second kappa shape index (κ2) is 9.81. The molecule has 0 spiro atoms. The molecule has 0 radical (unpaired) electrons. The number of amides is 2. The number of phenolic OH excluding ortho intramolecular Hbond substituents is 1. The lowest BCUT2D eigenvalue weighted by atomic mass is 10.0. The number of halogens is 3. The number of phenols is 1. The number of hydrogen-bond acceptors (Lipinski definition) is 4. The van der Waals surface area contributed by atoms with Gasteiger partial charge in [0.25, 0.3) is 5.91 Å². The molecule has 0 atom stereocenters. The van der Waals surface area contributed by atoms with Gasteiger partial charge >= 0.3 is 12.2 Å². The highest BCUT2D eigenvalue weighted by atomic mass is 19.4. The molecule has 35 heavy (non-hydrogen) atoms. The third-order valence-electron chi connectivity index (χ3n) is 6.01. The van der Waals surface area contributed by atoms with E-state index in [2.05, 4.69) is 15.7 Å². The van der Waals surface area contributed by atoms with Crippen LogP contribution in [0.25, 0.3) is 11.3 Å². The summed E-state index contributed by atoms with van der Waals surface area (Å²) in [7, 11) is 0. The van der Waals surface area contributed by atoms with E-state index in [0.717, 1.165) is 49.6 Å². The predicted octanol–water partition coefficient (Wildman–Crippen LogP) is 5.76. The van der Waals surface area contributed by atoms with Crippen molar-refractivity contribution in [2.24, 2.45) is 0 Å². The Bertz CT molecular complexity index is 1250. The maximum absolute atomic E-state index is 12.9. The Morgan fingerprint density at radius 1 is 1.11 bits per heavy atom. The smallest absolute Gasteiger partial charge is 0.416 e. The van der Waals surface area contributed by atoms with Crippen molar-refractivity contribution in [2.75, 3.05) is 11.9 Å². The minimum Gasteiger partial charge on any atom is -0.507 e. The molecule has 1 aromatic heterocycles. The monoisotopic (exact) mass is 486 g/mol. The summed E-state index contributed by atoms with van der Waals surface area (Å²) in [5.74, 6) is -0.732. The summed E-state index contributed by atoms with van der Waals surface area (Å²) >= 11 is 0. The van der Waals surface area contributed by atoms with Gasteiger partial charge in [0.05, 0.1) is 17.0 Å². The molecule has 1 aliphatic carbocycles. The molecule has 0 aliphatic heterocycles. The number of hydrogen-bond donors (Lipinski definition) is 3. The van der Waals surface area contributed by atoms with E-state index in [1.807, 2.05) is 6.92 Å². The minimum absolute atomic E-state index is 0.162. The second-order valence-electron chi connectivity index (χ2n) is 8.45. The number of carbonyl (C=O) groups excluding carboxylic acids is 2. The molecule has 10 heteroatoms. The van der Waals surface area contributed by atoms with Crippen LogP contribution in [0.2, 0.25) is 0 Å². The molecule has 1 aliphatic rings. The zero-order valence-electron chi connectivity index (χ0n) is 19.0. The number of anilines is 1. The largest absolute Gasteiger partial charge is 0.507 e. The van der Waals surface area contributed by atoms with E-state index in [0.29, 0.717) is 17.8 Å². The molecule has 7 nitrogen and oxygen atoms in total. The number of aromatic hydroxyl groups is 1. The van der Waals surface area contributed by atoms with Crippen molar-refractivity contribution >= 4 is 17.6 Å². The first-order valence-corrected chi connectivity index (χ1v) is 11.4. The second-order valence-corrected chi connectivity index (χ2v) is 8.45. The third kappa shape index (κ3) is 5.31. The van der Waals surface area contributed by atoms with Crippen molar-refractivity contribution in [1.29, 1.82) is 0 Å². The van der Waals surface area contributed by atoms with Gasteiger partial charge in [0.15, 0.2) is 0 Å². The number of aromatic nitrogens is 2. The topological polar surface area (TPSA) is 96.3 Å². The minimum atomic E-state index is -4.56. The fraction of sp³-hybridized carbons (Fsp3) is 0.320. The van der Waals surface area contributed by atoms with E-state index < -0.39 is 17.6 Å². The fourth-order valence-electron chi connectivity index (χ4n) is 4.29. The van der Waals surface area contributed by atoms with Crippen LogP contribution in [0.1, 0.15) is 60.1 Å². The summed E-state index contributed by atoms with van der Waals surface area (Å²) in [5.41, 5.74) is 0.669. The molecule has 1 saturated carbocycles. The van der Waals surface area contributed by atoms with Crippen molar-refractivity contribution < 1.29 is 27.9 Å². The highest BCUT2D eigenvalue weighted by molar-refractivity contribution is 6.04. The van der Waals surface area contributed by atoms with Crippen LogP contribution in [-0.4, -0.2) is 33.4 Å². The Labute approximate surface area is 200 Å². The maximum atomic E-state index is 12.9. The van der Waals surface area contributed by atoms with Crippen LogP contribution >= 0.6 is 0 Å². The third-order valence-corrected chi connectivity index (χ3v) is 6.01. The molecule has 2 aromatic carbocycles. The number of nitrogens with zero attached hydrogens (tertiary/aromatic N) is 2. The Balaban J connectivity index is 1.58. The molecule has 2 amide bonds. The van der Waals surface area contributed by atoms with Gasteiger partial charge in [-0.1, -0.05) is 18.9 Å². The molecular weight excluding hydrogens is 461 g/mol. The zero-order chi connectivity index (χ0) is 25.2. The lowest BCUT2D eigenvalue weighted by Gasteiger charge is -2.11. The summed E-state index contributed by atoms with van der Waals surface area (Å²) < 4.78 is 40.2. The highest BCUT2D eigenvalue weighted by Gasteiger charge is 2.31. The Hall–Kier alpha value is -3.82. The SMILES string of the molecule is CCNC(=O)n1nc(-c2ccc(NC(=O)c3cccc(C(F)(F)F)c3)cc2O)cc1C1CCCC1. The molecule has 0 unspecified atom stereocenters. The molecule has 184 valence electrons. The number of alkyl halides is 3. The van der Waals surface area contributed by atoms with E-state index in [4.69, 9.17) is 0 Å². The van der Waals surface area contributed by atoms with Crippen LogP contribution in [0.4, 0.5) is 23.7 Å². The van der Waals surface area contributed by atoms with E-state index in [9.17, 15) is 27.9 Å². The molecule has 1 heterocycles. The van der Waals surface area contributed by atoms with Gasteiger partial charge < -0.3 is 15.7 Å². The van der Waals surface area contributed by atoms with Crippen LogP contribution in [0.15, 0.2) is 48.5 Å².